The summed E-state index contributed by atoms with van der Waals surface area (Å²) in [6.07, 6.45) is -2.33. The maximum absolute atomic E-state index is 11.3. The van der Waals surface area contributed by atoms with Gasteiger partial charge in [-0.15, -0.1) is 0 Å². The SMILES string of the molecule is CC(=O)OC[C@@H](OC(C)=O)[C@H]1OC(C)(C)O[C@H]1C(C)(C)O. The number of carbonyl (C=O) groups is 2. The zero-order chi connectivity index (χ0) is 16.4. The quantitative estimate of drug-likeness (QED) is 0.750. The molecule has 0 aromatic carbocycles. The van der Waals surface area contributed by atoms with E-state index >= 15 is 0 Å². The van der Waals surface area contributed by atoms with E-state index in [1.165, 1.54) is 13.8 Å². The average molecular weight is 304 g/mol. The molecule has 1 rings (SSSR count). The summed E-state index contributed by atoms with van der Waals surface area (Å²) in [5.41, 5.74) is -1.22. The van der Waals surface area contributed by atoms with Crippen LogP contribution >= 0.6 is 0 Å². The molecule has 122 valence electrons. The van der Waals surface area contributed by atoms with Crippen molar-refractivity contribution in [1.82, 2.24) is 0 Å². The van der Waals surface area contributed by atoms with Crippen LogP contribution in [0.25, 0.3) is 0 Å². The van der Waals surface area contributed by atoms with Crippen LogP contribution in [-0.2, 0) is 28.5 Å². The molecule has 1 N–H and O–H groups in total. The van der Waals surface area contributed by atoms with Crippen molar-refractivity contribution in [2.24, 2.45) is 0 Å². The van der Waals surface area contributed by atoms with Crippen LogP contribution in [0.5, 0.6) is 0 Å². The molecule has 1 aliphatic heterocycles. The van der Waals surface area contributed by atoms with Crippen molar-refractivity contribution in [3.05, 3.63) is 0 Å². The molecule has 0 aromatic rings. The van der Waals surface area contributed by atoms with Gasteiger partial charge in [0, 0.05) is 13.8 Å². The van der Waals surface area contributed by atoms with Crippen molar-refractivity contribution in [1.29, 1.82) is 0 Å². The van der Waals surface area contributed by atoms with Crippen molar-refractivity contribution in [2.75, 3.05) is 6.61 Å². The third-order valence-corrected chi connectivity index (χ3v) is 2.96. The maximum Gasteiger partial charge on any atom is 0.303 e. The summed E-state index contributed by atoms with van der Waals surface area (Å²) in [6, 6.07) is 0. The van der Waals surface area contributed by atoms with Gasteiger partial charge in [-0.1, -0.05) is 0 Å². The second-order valence-corrected chi connectivity index (χ2v) is 6.12. The average Bonchev–Trinajstić information content (AvgIpc) is 2.59. The van der Waals surface area contributed by atoms with Gasteiger partial charge in [-0.05, 0) is 27.7 Å². The molecule has 0 bridgehead atoms. The largest absolute Gasteiger partial charge is 0.462 e. The van der Waals surface area contributed by atoms with Gasteiger partial charge in [-0.2, -0.15) is 0 Å². The summed E-state index contributed by atoms with van der Waals surface area (Å²) >= 11 is 0. The number of aliphatic hydroxyl groups is 1. The highest BCUT2D eigenvalue weighted by atomic mass is 16.8. The van der Waals surface area contributed by atoms with Gasteiger partial charge in [0.25, 0.3) is 0 Å². The van der Waals surface area contributed by atoms with E-state index < -0.39 is 41.6 Å². The van der Waals surface area contributed by atoms with Gasteiger partial charge in [0.15, 0.2) is 11.9 Å². The molecule has 7 heteroatoms. The highest BCUT2D eigenvalue weighted by Gasteiger charge is 2.52. The van der Waals surface area contributed by atoms with Crippen LogP contribution < -0.4 is 0 Å². The third kappa shape index (κ3) is 5.26. The van der Waals surface area contributed by atoms with Crippen LogP contribution in [0.15, 0.2) is 0 Å². The van der Waals surface area contributed by atoms with Crippen molar-refractivity contribution < 1.29 is 33.6 Å². The van der Waals surface area contributed by atoms with Gasteiger partial charge in [-0.25, -0.2) is 0 Å². The summed E-state index contributed by atoms with van der Waals surface area (Å²) in [5, 5.41) is 10.2. The second kappa shape index (κ2) is 6.29. The maximum atomic E-state index is 11.3. The number of ether oxygens (including phenoxy) is 4. The van der Waals surface area contributed by atoms with Crippen LogP contribution in [0.2, 0.25) is 0 Å². The zero-order valence-corrected chi connectivity index (χ0v) is 13.3. The summed E-state index contributed by atoms with van der Waals surface area (Å²) in [4.78, 5) is 22.2. The standard InChI is InChI=1S/C14H24O7/c1-8(15)18-7-10(19-9(2)16)11-12(13(3,4)17)21-14(5,6)20-11/h10-12,17H,7H2,1-6H3/t10-,11-,12-/m1/s1. The molecular weight excluding hydrogens is 280 g/mol. The van der Waals surface area contributed by atoms with E-state index in [1.807, 2.05) is 0 Å². The molecular formula is C14H24O7. The molecule has 1 fully saturated rings. The van der Waals surface area contributed by atoms with E-state index in [0.717, 1.165) is 0 Å². The van der Waals surface area contributed by atoms with Crippen molar-refractivity contribution in [3.63, 3.8) is 0 Å². The van der Waals surface area contributed by atoms with E-state index in [4.69, 9.17) is 18.9 Å². The Labute approximate surface area is 124 Å². The van der Waals surface area contributed by atoms with Gasteiger partial charge in [0.2, 0.25) is 0 Å². The van der Waals surface area contributed by atoms with E-state index in [2.05, 4.69) is 0 Å². The molecule has 21 heavy (non-hydrogen) atoms. The first-order chi connectivity index (χ1) is 9.42. The minimum Gasteiger partial charge on any atom is -0.462 e. The smallest absolute Gasteiger partial charge is 0.303 e. The van der Waals surface area contributed by atoms with Gasteiger partial charge >= 0.3 is 11.9 Å². The predicted molar refractivity (Wildman–Crippen MR) is 72.3 cm³/mol. The van der Waals surface area contributed by atoms with Gasteiger partial charge in [0.05, 0.1) is 5.60 Å². The molecule has 7 nitrogen and oxygen atoms in total. The Kier molecular flexibility index (Phi) is 5.35. The highest BCUT2D eigenvalue weighted by molar-refractivity contribution is 5.67. The van der Waals surface area contributed by atoms with Crippen molar-refractivity contribution >= 4 is 11.9 Å². The molecule has 1 saturated heterocycles. The first kappa shape index (κ1) is 17.9. The van der Waals surface area contributed by atoms with E-state index in [9.17, 15) is 14.7 Å². The third-order valence-electron chi connectivity index (χ3n) is 2.96. The van der Waals surface area contributed by atoms with Gasteiger partial charge < -0.3 is 24.1 Å². The lowest BCUT2D eigenvalue weighted by Gasteiger charge is -2.31. The summed E-state index contributed by atoms with van der Waals surface area (Å²) in [6.45, 7) is 8.89. The fourth-order valence-electron chi connectivity index (χ4n) is 2.22. The molecule has 1 aliphatic rings. The fraction of sp³-hybridized carbons (Fsp3) is 0.857. The topological polar surface area (TPSA) is 91.3 Å². The lowest BCUT2D eigenvalue weighted by atomic mass is 9.94. The zero-order valence-electron chi connectivity index (χ0n) is 13.3. The summed E-state index contributed by atoms with van der Waals surface area (Å²) in [5.74, 6) is -1.97. The molecule has 0 aliphatic carbocycles. The number of carbonyl (C=O) groups excluding carboxylic acids is 2. The van der Waals surface area contributed by atoms with Crippen LogP contribution in [-0.4, -0.2) is 53.4 Å². The van der Waals surface area contributed by atoms with Gasteiger partial charge in [-0.3, -0.25) is 9.59 Å². The minimum atomic E-state index is -1.22. The highest BCUT2D eigenvalue weighted by Crippen LogP contribution is 2.36. The predicted octanol–water partition coefficient (Wildman–Crippen LogP) is 0.772. The number of hydrogen-bond acceptors (Lipinski definition) is 7. The Morgan fingerprint density at radius 2 is 1.81 bits per heavy atom. The molecule has 1 heterocycles. The monoisotopic (exact) mass is 304 g/mol. The first-order valence-corrected chi connectivity index (χ1v) is 6.81. The number of esters is 2. The van der Waals surface area contributed by atoms with Crippen LogP contribution in [0.3, 0.4) is 0 Å². The lowest BCUT2D eigenvalue weighted by Crippen LogP contribution is -2.50. The lowest BCUT2D eigenvalue weighted by molar-refractivity contribution is -0.178. The van der Waals surface area contributed by atoms with Crippen molar-refractivity contribution in [3.8, 4) is 0 Å². The summed E-state index contributed by atoms with van der Waals surface area (Å²) in [7, 11) is 0. The summed E-state index contributed by atoms with van der Waals surface area (Å²) < 4.78 is 21.5. The Balaban J connectivity index is 2.96. The molecule has 3 atom stereocenters. The minimum absolute atomic E-state index is 0.161. The van der Waals surface area contributed by atoms with E-state index in [-0.39, 0.29) is 6.61 Å². The molecule has 0 amide bonds. The van der Waals surface area contributed by atoms with Crippen molar-refractivity contribution in [2.45, 2.75) is 71.2 Å². The Hall–Kier alpha value is -1.18. The van der Waals surface area contributed by atoms with E-state index in [0.29, 0.717) is 0 Å². The molecule has 0 unspecified atom stereocenters. The van der Waals surface area contributed by atoms with Crippen LogP contribution in [0.4, 0.5) is 0 Å². The number of hydrogen-bond donors (Lipinski definition) is 1. The molecule has 0 radical (unpaired) electrons. The van der Waals surface area contributed by atoms with Crippen LogP contribution in [0, 0.1) is 0 Å². The normalized spacial score (nSPS) is 26.2. The van der Waals surface area contributed by atoms with Crippen LogP contribution in [0.1, 0.15) is 41.5 Å². The Bertz CT molecular complexity index is 397. The Morgan fingerprint density at radius 3 is 2.24 bits per heavy atom. The number of rotatable bonds is 5. The van der Waals surface area contributed by atoms with E-state index in [1.54, 1.807) is 27.7 Å². The second-order valence-electron chi connectivity index (χ2n) is 6.12. The Morgan fingerprint density at radius 1 is 1.24 bits per heavy atom. The first-order valence-electron chi connectivity index (χ1n) is 6.81. The fourth-order valence-corrected chi connectivity index (χ4v) is 2.22. The van der Waals surface area contributed by atoms with Gasteiger partial charge in [0.1, 0.15) is 18.8 Å². The molecule has 0 aromatic heterocycles. The molecule has 0 spiro atoms. The molecule has 0 saturated carbocycles.